The van der Waals surface area contributed by atoms with Crippen LogP contribution in [0.25, 0.3) is 11.0 Å². The molecule has 0 bridgehead atoms. The van der Waals surface area contributed by atoms with Crippen molar-refractivity contribution in [2.24, 2.45) is 18.9 Å². The molecule has 1 aromatic carbocycles. The third-order valence-electron chi connectivity index (χ3n) is 6.34. The van der Waals surface area contributed by atoms with Gasteiger partial charge in [-0.1, -0.05) is 0 Å². The number of pyridine rings is 1. The van der Waals surface area contributed by atoms with Crippen LogP contribution >= 0.6 is 0 Å². The molecule has 31 heavy (non-hydrogen) atoms. The minimum absolute atomic E-state index is 0.00881. The summed E-state index contributed by atoms with van der Waals surface area (Å²) in [4.78, 5) is 29.3. The van der Waals surface area contributed by atoms with Gasteiger partial charge in [0.2, 0.25) is 0 Å². The highest BCUT2D eigenvalue weighted by atomic mass is 19.4. The van der Waals surface area contributed by atoms with E-state index in [-0.39, 0.29) is 23.3 Å². The quantitative estimate of drug-likeness (QED) is 0.603. The van der Waals surface area contributed by atoms with Crippen LogP contribution in [0.15, 0.2) is 47.5 Å². The molecule has 0 saturated heterocycles. The summed E-state index contributed by atoms with van der Waals surface area (Å²) in [5.74, 6) is 0.357. The Bertz CT molecular complexity index is 1140. The fourth-order valence-corrected chi connectivity index (χ4v) is 4.53. The van der Waals surface area contributed by atoms with Gasteiger partial charge in [-0.3, -0.25) is 18.9 Å². The molecule has 0 radical (unpaired) electrons. The Balaban J connectivity index is 1.46. The van der Waals surface area contributed by atoms with E-state index in [4.69, 9.17) is 0 Å². The lowest BCUT2D eigenvalue weighted by Crippen LogP contribution is -2.29. The summed E-state index contributed by atoms with van der Waals surface area (Å²) in [5, 5.41) is 0. The molecule has 0 aliphatic heterocycles. The number of aryl methyl sites for hydroxylation is 1. The van der Waals surface area contributed by atoms with Gasteiger partial charge in [0.05, 0.1) is 16.6 Å². The van der Waals surface area contributed by atoms with Crippen LogP contribution < -0.4 is 5.69 Å². The van der Waals surface area contributed by atoms with Gasteiger partial charge >= 0.3 is 11.9 Å². The van der Waals surface area contributed by atoms with Crippen molar-refractivity contribution in [3.63, 3.8) is 0 Å². The van der Waals surface area contributed by atoms with E-state index >= 15 is 0 Å². The fourth-order valence-electron chi connectivity index (χ4n) is 4.53. The molecule has 8 heteroatoms. The number of alkyl halides is 3. The van der Waals surface area contributed by atoms with Gasteiger partial charge < -0.3 is 0 Å². The number of nitrogens with zero attached hydrogens (tertiary/aromatic N) is 3. The lowest BCUT2D eigenvalue weighted by Gasteiger charge is -2.28. The summed E-state index contributed by atoms with van der Waals surface area (Å²) < 4.78 is 42.3. The maximum absolute atomic E-state index is 13.2. The summed E-state index contributed by atoms with van der Waals surface area (Å²) in [7, 11) is 1.57. The third kappa shape index (κ3) is 4.43. The summed E-state index contributed by atoms with van der Waals surface area (Å²) in [5.41, 5.74) is 0.664. The van der Waals surface area contributed by atoms with E-state index in [1.807, 2.05) is 12.1 Å². The van der Waals surface area contributed by atoms with Crippen molar-refractivity contribution in [1.82, 2.24) is 14.1 Å². The maximum Gasteiger partial charge on any atom is 0.416 e. The molecule has 2 aromatic heterocycles. The molecule has 0 amide bonds. The molecule has 5 nitrogen and oxygen atoms in total. The lowest BCUT2D eigenvalue weighted by molar-refractivity contribution is -0.137. The van der Waals surface area contributed by atoms with E-state index in [0.717, 1.165) is 43.4 Å². The van der Waals surface area contributed by atoms with Crippen molar-refractivity contribution >= 4 is 16.8 Å². The Morgan fingerprint density at radius 2 is 1.74 bits per heavy atom. The van der Waals surface area contributed by atoms with E-state index in [2.05, 4.69) is 4.98 Å². The average Bonchev–Trinajstić information content (AvgIpc) is 2.99. The van der Waals surface area contributed by atoms with Crippen molar-refractivity contribution in [3.05, 3.63) is 64.3 Å². The molecular weight excluding hydrogens is 407 g/mol. The number of hydrogen-bond acceptors (Lipinski definition) is 3. The molecule has 0 N–H and O–H groups in total. The van der Waals surface area contributed by atoms with Gasteiger partial charge in [-0.25, -0.2) is 4.79 Å². The first-order valence-corrected chi connectivity index (χ1v) is 10.4. The van der Waals surface area contributed by atoms with E-state index < -0.39 is 11.7 Å². The van der Waals surface area contributed by atoms with Crippen molar-refractivity contribution in [2.75, 3.05) is 0 Å². The first kappa shape index (κ1) is 21.3. The number of aromatic nitrogens is 3. The Labute approximate surface area is 177 Å². The van der Waals surface area contributed by atoms with Crippen LogP contribution in [-0.2, 0) is 31.0 Å². The fraction of sp³-hybridized carbons (Fsp3) is 0.435. The molecule has 1 aliphatic carbocycles. The van der Waals surface area contributed by atoms with E-state index in [1.54, 1.807) is 19.4 Å². The zero-order chi connectivity index (χ0) is 22.2. The van der Waals surface area contributed by atoms with Crippen molar-refractivity contribution in [3.8, 4) is 0 Å². The second-order valence-electron chi connectivity index (χ2n) is 8.37. The van der Waals surface area contributed by atoms with Crippen LogP contribution in [0.3, 0.4) is 0 Å². The van der Waals surface area contributed by atoms with Crippen molar-refractivity contribution in [1.29, 1.82) is 0 Å². The van der Waals surface area contributed by atoms with Crippen LogP contribution in [-0.4, -0.2) is 19.9 Å². The van der Waals surface area contributed by atoms with Gasteiger partial charge in [-0.2, -0.15) is 13.2 Å². The Morgan fingerprint density at radius 3 is 2.39 bits per heavy atom. The van der Waals surface area contributed by atoms with E-state index in [1.165, 1.54) is 15.2 Å². The van der Waals surface area contributed by atoms with Crippen LogP contribution in [0.4, 0.5) is 13.2 Å². The predicted octanol–water partition coefficient (Wildman–Crippen LogP) is 4.37. The minimum Gasteiger partial charge on any atom is -0.299 e. The van der Waals surface area contributed by atoms with Crippen LogP contribution in [0, 0.1) is 11.8 Å². The summed E-state index contributed by atoms with van der Waals surface area (Å²) in [6.07, 6.45) is 2.29. The van der Waals surface area contributed by atoms with Gasteiger partial charge in [0, 0.05) is 38.3 Å². The molecular formula is C23H24F3N3O2. The lowest BCUT2D eigenvalue weighted by atomic mass is 9.79. The molecule has 0 atom stereocenters. The average molecular weight is 431 g/mol. The SMILES string of the molecule is Cn1c(=O)n(CC2CCC(C(=O)Cc3ccncc3)CC2)c2cc(C(F)(F)F)ccc21. The smallest absolute Gasteiger partial charge is 0.299 e. The van der Waals surface area contributed by atoms with Gasteiger partial charge in [-0.15, -0.1) is 0 Å². The number of benzene rings is 1. The maximum atomic E-state index is 13.2. The molecule has 0 unspecified atom stereocenters. The zero-order valence-corrected chi connectivity index (χ0v) is 17.2. The molecule has 0 spiro atoms. The number of carbonyl (C=O) groups excluding carboxylic acids is 1. The topological polar surface area (TPSA) is 56.9 Å². The number of ketones is 1. The number of Topliss-reactive ketones (excluding diaryl/α,β-unsaturated/α-hetero) is 1. The Kier molecular flexibility index (Phi) is 5.73. The molecule has 164 valence electrons. The molecule has 1 fully saturated rings. The number of rotatable bonds is 5. The number of fused-ring (bicyclic) bond motifs is 1. The summed E-state index contributed by atoms with van der Waals surface area (Å²) in [6.45, 7) is 0.364. The largest absolute Gasteiger partial charge is 0.416 e. The number of carbonyl (C=O) groups is 1. The molecule has 1 aliphatic rings. The van der Waals surface area contributed by atoms with Crippen molar-refractivity contribution in [2.45, 2.75) is 44.8 Å². The normalized spacial score (nSPS) is 19.6. The zero-order valence-electron chi connectivity index (χ0n) is 17.2. The van der Waals surface area contributed by atoms with Gasteiger partial charge in [0.15, 0.2) is 0 Å². The monoisotopic (exact) mass is 431 g/mol. The highest BCUT2D eigenvalue weighted by molar-refractivity contribution is 5.83. The standard InChI is InChI=1S/C23H24F3N3O2/c1-28-19-7-6-18(23(24,25)26)13-20(19)29(22(28)31)14-16-2-4-17(5-3-16)21(30)12-15-8-10-27-11-9-15/h6-11,13,16-17H,2-5,12,14H2,1H3. The second kappa shape index (κ2) is 8.32. The Morgan fingerprint density at radius 1 is 1.06 bits per heavy atom. The first-order valence-electron chi connectivity index (χ1n) is 10.4. The van der Waals surface area contributed by atoms with Gasteiger partial charge in [-0.05, 0) is 67.5 Å². The molecule has 3 aromatic rings. The molecule has 1 saturated carbocycles. The van der Waals surface area contributed by atoms with Gasteiger partial charge in [0.25, 0.3) is 0 Å². The number of hydrogen-bond donors (Lipinski definition) is 0. The molecule has 2 heterocycles. The van der Waals surface area contributed by atoms with Crippen LogP contribution in [0.5, 0.6) is 0 Å². The highest BCUT2D eigenvalue weighted by Crippen LogP contribution is 2.33. The Hall–Kier alpha value is -2.90. The van der Waals surface area contributed by atoms with Gasteiger partial charge in [0.1, 0.15) is 5.78 Å². The minimum atomic E-state index is -4.46. The first-order chi connectivity index (χ1) is 14.7. The number of imidazole rings is 1. The van der Waals surface area contributed by atoms with E-state index in [0.29, 0.717) is 24.0 Å². The number of halogens is 3. The summed E-state index contributed by atoms with van der Waals surface area (Å²) >= 11 is 0. The highest BCUT2D eigenvalue weighted by Gasteiger charge is 2.32. The van der Waals surface area contributed by atoms with Crippen molar-refractivity contribution < 1.29 is 18.0 Å². The second-order valence-corrected chi connectivity index (χ2v) is 8.37. The van der Waals surface area contributed by atoms with Crippen LogP contribution in [0.1, 0.15) is 36.8 Å². The summed E-state index contributed by atoms with van der Waals surface area (Å²) in [6, 6.07) is 7.09. The van der Waals surface area contributed by atoms with Crippen LogP contribution in [0.2, 0.25) is 0 Å². The third-order valence-corrected chi connectivity index (χ3v) is 6.34. The van der Waals surface area contributed by atoms with E-state index in [9.17, 15) is 22.8 Å². The molecule has 4 rings (SSSR count). The predicted molar refractivity (Wildman–Crippen MR) is 111 cm³/mol.